The third-order valence-corrected chi connectivity index (χ3v) is 4.50. The van der Waals surface area contributed by atoms with E-state index in [9.17, 15) is 9.59 Å². The van der Waals surface area contributed by atoms with Gasteiger partial charge in [-0.1, -0.05) is 11.6 Å². The summed E-state index contributed by atoms with van der Waals surface area (Å²) in [5.74, 6) is -0.318. The van der Waals surface area contributed by atoms with Crippen molar-refractivity contribution >= 4 is 29.1 Å². The summed E-state index contributed by atoms with van der Waals surface area (Å²) in [4.78, 5) is 26.0. The average molecular weight is 340 g/mol. The molecular weight excluding hydrogens is 318 g/mol. The molecule has 0 aromatic heterocycles. The molecule has 0 unspecified atom stereocenters. The molecule has 6 nitrogen and oxygen atoms in total. The normalized spacial score (nSPS) is 16.7. The Morgan fingerprint density at radius 2 is 2.00 bits per heavy atom. The minimum atomic E-state index is -0.608. The first kappa shape index (κ1) is 17.7. The van der Waals surface area contributed by atoms with Gasteiger partial charge in [0.2, 0.25) is 5.91 Å². The molecule has 1 fully saturated rings. The van der Waals surface area contributed by atoms with E-state index in [0.717, 1.165) is 0 Å². The van der Waals surface area contributed by atoms with Crippen molar-refractivity contribution in [1.82, 2.24) is 4.90 Å². The molecule has 7 heteroatoms. The van der Waals surface area contributed by atoms with Gasteiger partial charge in [-0.25, -0.2) is 0 Å². The van der Waals surface area contributed by atoms with E-state index in [1.165, 1.54) is 4.90 Å². The summed E-state index contributed by atoms with van der Waals surface area (Å²) in [6, 6.07) is 4.86. The molecule has 2 amide bonds. The van der Waals surface area contributed by atoms with Crippen LogP contribution in [0.25, 0.3) is 0 Å². The fourth-order valence-corrected chi connectivity index (χ4v) is 2.82. The van der Waals surface area contributed by atoms with Gasteiger partial charge >= 0.3 is 0 Å². The van der Waals surface area contributed by atoms with Gasteiger partial charge in [0.15, 0.2) is 0 Å². The Labute approximate surface area is 140 Å². The Bertz CT molecular complexity index is 598. The smallest absolute Gasteiger partial charge is 0.254 e. The third-order valence-electron chi connectivity index (χ3n) is 4.19. The molecule has 1 aromatic rings. The zero-order valence-electron chi connectivity index (χ0n) is 13.4. The van der Waals surface area contributed by atoms with Crippen LogP contribution in [-0.4, -0.2) is 50.6 Å². The molecule has 0 bridgehead atoms. The van der Waals surface area contributed by atoms with Gasteiger partial charge in [0.25, 0.3) is 5.91 Å². The molecule has 1 aliphatic heterocycles. The maximum Gasteiger partial charge on any atom is 0.254 e. The Morgan fingerprint density at radius 3 is 2.52 bits per heavy atom. The largest absolute Gasteiger partial charge is 0.381 e. The van der Waals surface area contributed by atoms with E-state index in [1.54, 1.807) is 32.3 Å². The number of halogens is 1. The average Bonchev–Trinajstić information content (AvgIpc) is 2.54. The van der Waals surface area contributed by atoms with Crippen LogP contribution in [0.5, 0.6) is 0 Å². The quantitative estimate of drug-likeness (QED) is 0.875. The highest BCUT2D eigenvalue weighted by atomic mass is 35.5. The topological polar surface area (TPSA) is 84.7 Å². The highest BCUT2D eigenvalue weighted by Crippen LogP contribution is 2.31. The van der Waals surface area contributed by atoms with Gasteiger partial charge in [-0.15, -0.1) is 0 Å². The second kappa shape index (κ2) is 7.29. The van der Waals surface area contributed by atoms with E-state index < -0.39 is 5.41 Å². The molecule has 1 aromatic carbocycles. The monoisotopic (exact) mass is 339 g/mol. The van der Waals surface area contributed by atoms with Crippen molar-refractivity contribution in [3.63, 3.8) is 0 Å². The van der Waals surface area contributed by atoms with Crippen LogP contribution in [0.1, 0.15) is 23.2 Å². The van der Waals surface area contributed by atoms with E-state index in [1.807, 2.05) is 0 Å². The van der Waals surface area contributed by atoms with E-state index in [4.69, 9.17) is 22.1 Å². The number of amides is 2. The number of benzene rings is 1. The lowest BCUT2D eigenvalue weighted by molar-refractivity contribution is -0.130. The van der Waals surface area contributed by atoms with Gasteiger partial charge in [0.05, 0.1) is 16.0 Å². The zero-order valence-corrected chi connectivity index (χ0v) is 14.2. The molecule has 1 saturated heterocycles. The van der Waals surface area contributed by atoms with Crippen molar-refractivity contribution in [2.24, 2.45) is 11.1 Å². The Kier molecular flexibility index (Phi) is 5.62. The number of carbonyl (C=O) groups excluding carboxylic acids is 2. The van der Waals surface area contributed by atoms with Crippen LogP contribution in [0.3, 0.4) is 0 Å². The Morgan fingerprint density at radius 1 is 1.35 bits per heavy atom. The minimum Gasteiger partial charge on any atom is -0.381 e. The van der Waals surface area contributed by atoms with Crippen LogP contribution < -0.4 is 11.1 Å². The summed E-state index contributed by atoms with van der Waals surface area (Å²) in [6.07, 6.45) is 1.19. The van der Waals surface area contributed by atoms with Crippen LogP contribution >= 0.6 is 11.6 Å². The number of hydrogen-bond acceptors (Lipinski definition) is 4. The Balaban J connectivity index is 2.15. The number of ether oxygens (including phenoxy) is 1. The number of nitrogens with zero attached hydrogens (tertiary/aromatic N) is 1. The van der Waals surface area contributed by atoms with Crippen LogP contribution in [-0.2, 0) is 9.53 Å². The number of rotatable bonds is 4. The van der Waals surface area contributed by atoms with Gasteiger partial charge in [-0.2, -0.15) is 0 Å². The number of nitrogens with one attached hydrogen (secondary N) is 1. The summed E-state index contributed by atoms with van der Waals surface area (Å²) in [6.45, 7) is 1.33. The second-order valence-corrected chi connectivity index (χ2v) is 6.35. The summed E-state index contributed by atoms with van der Waals surface area (Å²) in [5, 5.41) is 3.16. The zero-order chi connectivity index (χ0) is 17.0. The standard InChI is InChI=1S/C16H22ClN3O3/c1-20(2)14(21)12-4-3-11(9-13(12)17)19-15(22)16(10-18)5-7-23-8-6-16/h3-4,9H,5-8,10,18H2,1-2H3,(H,19,22). The molecule has 3 N–H and O–H groups in total. The number of nitrogens with two attached hydrogens (primary N) is 1. The highest BCUT2D eigenvalue weighted by Gasteiger charge is 2.38. The molecule has 23 heavy (non-hydrogen) atoms. The van der Waals surface area contributed by atoms with Crippen LogP contribution in [0.2, 0.25) is 5.02 Å². The number of carbonyl (C=O) groups is 2. The maximum absolute atomic E-state index is 12.6. The molecule has 1 heterocycles. The van der Waals surface area contributed by atoms with Gasteiger partial charge in [0.1, 0.15) is 0 Å². The first-order valence-corrected chi connectivity index (χ1v) is 7.88. The first-order chi connectivity index (χ1) is 10.9. The molecule has 0 spiro atoms. The van der Waals surface area contributed by atoms with Crippen molar-refractivity contribution in [3.8, 4) is 0 Å². The summed E-state index contributed by atoms with van der Waals surface area (Å²) < 4.78 is 5.31. The third kappa shape index (κ3) is 3.83. The molecule has 0 radical (unpaired) electrons. The van der Waals surface area contributed by atoms with Crippen LogP contribution in [0, 0.1) is 5.41 Å². The van der Waals surface area contributed by atoms with Crippen molar-refractivity contribution in [2.75, 3.05) is 39.2 Å². The molecule has 0 aliphatic carbocycles. The van der Waals surface area contributed by atoms with Crippen molar-refractivity contribution in [2.45, 2.75) is 12.8 Å². The molecule has 1 aliphatic rings. The van der Waals surface area contributed by atoms with Gasteiger partial charge in [0, 0.05) is 39.5 Å². The van der Waals surface area contributed by atoms with Gasteiger partial charge in [-0.05, 0) is 31.0 Å². The van der Waals surface area contributed by atoms with Gasteiger partial charge in [-0.3, -0.25) is 9.59 Å². The van der Waals surface area contributed by atoms with Crippen LogP contribution in [0.15, 0.2) is 18.2 Å². The maximum atomic E-state index is 12.6. The molecule has 0 atom stereocenters. The lowest BCUT2D eigenvalue weighted by atomic mass is 9.79. The fourth-order valence-electron chi connectivity index (χ4n) is 2.56. The molecule has 126 valence electrons. The summed E-state index contributed by atoms with van der Waals surface area (Å²) in [7, 11) is 3.31. The van der Waals surface area contributed by atoms with E-state index in [0.29, 0.717) is 42.3 Å². The lowest BCUT2D eigenvalue weighted by Crippen LogP contribution is -2.46. The molecular formula is C16H22ClN3O3. The van der Waals surface area contributed by atoms with Gasteiger partial charge < -0.3 is 20.7 Å². The van der Waals surface area contributed by atoms with E-state index >= 15 is 0 Å². The van der Waals surface area contributed by atoms with Crippen molar-refractivity contribution in [3.05, 3.63) is 28.8 Å². The van der Waals surface area contributed by atoms with Crippen LogP contribution in [0.4, 0.5) is 5.69 Å². The Hall–Kier alpha value is -1.63. The minimum absolute atomic E-state index is 0.133. The lowest BCUT2D eigenvalue weighted by Gasteiger charge is -2.34. The summed E-state index contributed by atoms with van der Waals surface area (Å²) >= 11 is 6.16. The molecule has 2 rings (SSSR count). The SMILES string of the molecule is CN(C)C(=O)c1ccc(NC(=O)C2(CN)CCOCC2)cc1Cl. The second-order valence-electron chi connectivity index (χ2n) is 5.95. The predicted octanol–water partition coefficient (Wildman–Crippen LogP) is 1.74. The highest BCUT2D eigenvalue weighted by molar-refractivity contribution is 6.34. The summed E-state index contributed by atoms with van der Waals surface area (Å²) in [5.41, 5.74) is 6.17. The van der Waals surface area contributed by atoms with Crippen molar-refractivity contribution < 1.29 is 14.3 Å². The predicted molar refractivity (Wildman–Crippen MR) is 89.6 cm³/mol. The fraction of sp³-hybridized carbons (Fsp3) is 0.500. The molecule has 0 saturated carbocycles. The first-order valence-electron chi connectivity index (χ1n) is 7.50. The number of anilines is 1. The number of hydrogen-bond donors (Lipinski definition) is 2. The van der Waals surface area contributed by atoms with E-state index in [-0.39, 0.29) is 18.4 Å². The van der Waals surface area contributed by atoms with Crippen molar-refractivity contribution in [1.29, 1.82) is 0 Å². The van der Waals surface area contributed by atoms with E-state index in [2.05, 4.69) is 5.32 Å².